The van der Waals surface area contributed by atoms with E-state index < -0.39 is 5.97 Å². The van der Waals surface area contributed by atoms with Crippen LogP contribution < -0.4 is 0 Å². The van der Waals surface area contributed by atoms with Gasteiger partial charge in [0.15, 0.2) is 5.69 Å². The Bertz CT molecular complexity index is 578. The second kappa shape index (κ2) is 4.50. The first-order valence-electron chi connectivity index (χ1n) is 4.72. The van der Waals surface area contributed by atoms with Gasteiger partial charge in [-0.3, -0.25) is 4.68 Å². The van der Waals surface area contributed by atoms with Gasteiger partial charge in [-0.25, -0.2) is 4.79 Å². The molecule has 1 aromatic carbocycles. The monoisotopic (exact) mass is 314 g/mol. The predicted octanol–water partition coefficient (Wildman–Crippen LogP) is 3.20. The van der Waals surface area contributed by atoms with Crippen molar-refractivity contribution in [3.8, 4) is 11.3 Å². The molecular weight excluding hydrogens is 307 g/mol. The zero-order valence-corrected chi connectivity index (χ0v) is 11.2. The van der Waals surface area contributed by atoms with Gasteiger partial charge in [0.25, 0.3) is 0 Å². The summed E-state index contributed by atoms with van der Waals surface area (Å²) in [4.78, 5) is 10.9. The lowest BCUT2D eigenvalue weighted by Crippen LogP contribution is -1.99. The number of hydrogen-bond acceptors (Lipinski definition) is 2. The van der Waals surface area contributed by atoms with Crippen LogP contribution in [-0.4, -0.2) is 20.9 Å². The molecule has 1 heterocycles. The Morgan fingerprint density at radius 2 is 2.00 bits per heavy atom. The van der Waals surface area contributed by atoms with Gasteiger partial charge < -0.3 is 5.11 Å². The molecule has 0 saturated carbocycles. The molecule has 0 spiro atoms. The third-order valence-corrected chi connectivity index (χ3v) is 3.20. The first kappa shape index (κ1) is 12.1. The second-order valence-electron chi connectivity index (χ2n) is 3.45. The highest BCUT2D eigenvalue weighted by molar-refractivity contribution is 9.10. The summed E-state index contributed by atoms with van der Waals surface area (Å²) in [7, 11) is 1.66. The van der Waals surface area contributed by atoms with E-state index in [4.69, 9.17) is 16.7 Å². The van der Waals surface area contributed by atoms with E-state index in [1.54, 1.807) is 7.05 Å². The lowest BCUT2D eigenvalue weighted by molar-refractivity contribution is 0.0690. The minimum atomic E-state index is -1.13. The van der Waals surface area contributed by atoms with Gasteiger partial charge in [0, 0.05) is 17.1 Å². The molecule has 0 amide bonds. The van der Waals surface area contributed by atoms with Crippen LogP contribution in [0.3, 0.4) is 0 Å². The van der Waals surface area contributed by atoms with Crippen molar-refractivity contribution in [2.45, 2.75) is 0 Å². The molecule has 0 aliphatic carbocycles. The summed E-state index contributed by atoms with van der Waals surface area (Å²) in [5.41, 5.74) is 1.28. The van der Waals surface area contributed by atoms with Crippen molar-refractivity contribution < 1.29 is 9.90 Å². The number of carboxylic acid groups (broad SMARTS) is 1. The number of nitrogens with zero attached hydrogens (tertiary/aromatic N) is 2. The molecule has 0 aliphatic rings. The van der Waals surface area contributed by atoms with Gasteiger partial charge >= 0.3 is 5.97 Å². The lowest BCUT2D eigenvalue weighted by atomic mass is 10.1. The van der Waals surface area contributed by atoms with Gasteiger partial charge in [-0.1, -0.05) is 39.7 Å². The molecule has 0 aliphatic heterocycles. The Hall–Kier alpha value is -1.33. The van der Waals surface area contributed by atoms with E-state index >= 15 is 0 Å². The van der Waals surface area contributed by atoms with Crippen LogP contribution in [0, 0.1) is 0 Å². The smallest absolute Gasteiger partial charge is 0.358 e. The first-order valence-corrected chi connectivity index (χ1v) is 5.89. The van der Waals surface area contributed by atoms with E-state index in [0.29, 0.717) is 5.69 Å². The van der Waals surface area contributed by atoms with Gasteiger partial charge in [0.05, 0.1) is 5.69 Å². The van der Waals surface area contributed by atoms with E-state index in [1.165, 1.54) is 4.68 Å². The highest BCUT2D eigenvalue weighted by atomic mass is 79.9. The molecular formula is C11H8BrClN2O2. The molecule has 2 aromatic rings. The zero-order chi connectivity index (χ0) is 12.6. The summed E-state index contributed by atoms with van der Waals surface area (Å²) < 4.78 is 2.41. The maximum atomic E-state index is 10.9. The van der Waals surface area contributed by atoms with Crippen LogP contribution in [0.1, 0.15) is 10.5 Å². The number of aromatic nitrogens is 2. The van der Waals surface area contributed by atoms with E-state index in [1.807, 2.05) is 24.3 Å². The summed E-state index contributed by atoms with van der Waals surface area (Å²) in [5, 5.41) is 13.0. The molecule has 4 nitrogen and oxygen atoms in total. The number of carboxylic acids is 1. The first-order chi connectivity index (χ1) is 8.00. The summed E-state index contributed by atoms with van der Waals surface area (Å²) >= 11 is 9.36. The van der Waals surface area contributed by atoms with Crippen LogP contribution in [0.25, 0.3) is 11.3 Å². The van der Waals surface area contributed by atoms with Crippen LogP contribution in [0.2, 0.25) is 5.02 Å². The Balaban J connectivity index is 2.59. The molecule has 0 fully saturated rings. The fraction of sp³-hybridized carbons (Fsp3) is 0.0909. The highest BCUT2D eigenvalue weighted by Crippen LogP contribution is 2.30. The average Bonchev–Trinajstić information content (AvgIpc) is 2.56. The fourth-order valence-electron chi connectivity index (χ4n) is 1.56. The molecule has 0 atom stereocenters. The van der Waals surface area contributed by atoms with Crippen LogP contribution >= 0.6 is 27.5 Å². The number of aryl methyl sites for hydroxylation is 1. The molecule has 0 radical (unpaired) electrons. The van der Waals surface area contributed by atoms with Gasteiger partial charge in [0.1, 0.15) is 5.02 Å². The Labute approximate surface area is 111 Å². The largest absolute Gasteiger partial charge is 0.476 e. The molecule has 0 unspecified atom stereocenters. The maximum Gasteiger partial charge on any atom is 0.358 e. The van der Waals surface area contributed by atoms with Crippen molar-refractivity contribution in [3.63, 3.8) is 0 Å². The van der Waals surface area contributed by atoms with Crippen LogP contribution in [0.4, 0.5) is 0 Å². The topological polar surface area (TPSA) is 55.1 Å². The summed E-state index contributed by atoms with van der Waals surface area (Å²) in [6, 6.07) is 7.41. The van der Waals surface area contributed by atoms with Crippen molar-refractivity contribution in [1.82, 2.24) is 9.78 Å². The van der Waals surface area contributed by atoms with Gasteiger partial charge in [0.2, 0.25) is 0 Å². The zero-order valence-electron chi connectivity index (χ0n) is 8.82. The molecule has 0 bridgehead atoms. The Morgan fingerprint density at radius 3 is 2.47 bits per heavy atom. The molecule has 88 valence electrons. The van der Waals surface area contributed by atoms with E-state index in [9.17, 15) is 4.79 Å². The summed E-state index contributed by atoms with van der Waals surface area (Å²) in [6.07, 6.45) is 0. The number of aromatic carboxylic acids is 1. The molecule has 17 heavy (non-hydrogen) atoms. The Kier molecular flexibility index (Phi) is 3.22. The van der Waals surface area contributed by atoms with Crippen molar-refractivity contribution in [2.24, 2.45) is 7.05 Å². The third kappa shape index (κ3) is 2.21. The molecule has 0 saturated heterocycles. The summed E-state index contributed by atoms with van der Waals surface area (Å²) in [6.45, 7) is 0. The number of rotatable bonds is 2. The number of benzene rings is 1. The van der Waals surface area contributed by atoms with Crippen LogP contribution in [0.5, 0.6) is 0 Å². The minimum Gasteiger partial charge on any atom is -0.476 e. The van der Waals surface area contributed by atoms with Gasteiger partial charge in [-0.05, 0) is 12.1 Å². The van der Waals surface area contributed by atoms with E-state index in [0.717, 1.165) is 10.0 Å². The average molecular weight is 316 g/mol. The molecule has 6 heteroatoms. The van der Waals surface area contributed by atoms with Gasteiger partial charge in [-0.15, -0.1) is 0 Å². The number of hydrogen-bond donors (Lipinski definition) is 1. The Morgan fingerprint density at radius 1 is 1.41 bits per heavy atom. The lowest BCUT2D eigenvalue weighted by Gasteiger charge is -2.02. The fourth-order valence-corrected chi connectivity index (χ4v) is 2.17. The molecule has 2 rings (SSSR count). The minimum absolute atomic E-state index is 0.132. The number of carbonyl (C=O) groups is 1. The summed E-state index contributed by atoms with van der Waals surface area (Å²) in [5.74, 6) is -1.13. The van der Waals surface area contributed by atoms with E-state index in [2.05, 4.69) is 21.0 Å². The van der Waals surface area contributed by atoms with Crippen molar-refractivity contribution >= 4 is 33.5 Å². The third-order valence-electron chi connectivity index (χ3n) is 2.31. The SMILES string of the molecule is Cn1nc(C(=O)O)c(Cl)c1-c1ccc(Br)cc1. The van der Waals surface area contributed by atoms with E-state index in [-0.39, 0.29) is 10.7 Å². The molecule has 1 N–H and O–H groups in total. The predicted molar refractivity (Wildman–Crippen MR) is 68.3 cm³/mol. The van der Waals surface area contributed by atoms with Gasteiger partial charge in [-0.2, -0.15) is 5.10 Å². The standard InChI is InChI=1S/C11H8BrClN2O2/c1-15-10(6-2-4-7(12)5-3-6)8(13)9(14-15)11(16)17/h2-5H,1H3,(H,16,17). The maximum absolute atomic E-state index is 10.9. The van der Waals surface area contributed by atoms with Crippen LogP contribution in [-0.2, 0) is 7.05 Å². The quantitative estimate of drug-likeness (QED) is 0.926. The normalized spacial score (nSPS) is 10.5. The molecule has 1 aromatic heterocycles. The van der Waals surface area contributed by atoms with Crippen molar-refractivity contribution in [1.29, 1.82) is 0 Å². The number of halogens is 2. The van der Waals surface area contributed by atoms with Crippen molar-refractivity contribution in [3.05, 3.63) is 39.5 Å². The highest BCUT2D eigenvalue weighted by Gasteiger charge is 2.20. The van der Waals surface area contributed by atoms with Crippen molar-refractivity contribution in [2.75, 3.05) is 0 Å². The van der Waals surface area contributed by atoms with Crippen LogP contribution in [0.15, 0.2) is 28.7 Å². The second-order valence-corrected chi connectivity index (χ2v) is 4.74.